The van der Waals surface area contributed by atoms with E-state index in [0.29, 0.717) is 0 Å². The molecule has 0 saturated heterocycles. The van der Waals surface area contributed by atoms with E-state index in [1.807, 2.05) is 0 Å². The molecule has 0 heterocycles. The zero-order valence-electron chi connectivity index (χ0n) is 8.55. The van der Waals surface area contributed by atoms with Crippen molar-refractivity contribution in [2.75, 3.05) is 12.3 Å². The predicted molar refractivity (Wildman–Crippen MR) is 59.8 cm³/mol. The first-order chi connectivity index (χ1) is 8.03. The van der Waals surface area contributed by atoms with Crippen molar-refractivity contribution < 1.29 is 26.0 Å². The Morgan fingerprint density at radius 1 is 1.33 bits per heavy atom. The Morgan fingerprint density at radius 3 is 2.39 bits per heavy atom. The summed E-state index contributed by atoms with van der Waals surface area (Å²) in [5.41, 5.74) is 5.23. The maximum Gasteiger partial charge on any atom is 0.402 e. The molecule has 0 aliphatic carbocycles. The maximum atomic E-state index is 13.4. The highest BCUT2D eigenvalue weighted by Crippen LogP contribution is 2.26. The normalized spacial score (nSPS) is 12.7. The van der Waals surface area contributed by atoms with Crippen molar-refractivity contribution in [3.05, 3.63) is 22.4 Å². The number of rotatable bonds is 3. The van der Waals surface area contributed by atoms with Gasteiger partial charge in [0.25, 0.3) is 0 Å². The second kappa shape index (κ2) is 5.02. The highest BCUT2D eigenvalue weighted by Gasteiger charge is 2.31. The van der Waals surface area contributed by atoms with Gasteiger partial charge in [-0.3, -0.25) is 0 Å². The molecule has 0 aliphatic heterocycles. The van der Waals surface area contributed by atoms with E-state index in [4.69, 9.17) is 5.73 Å². The lowest BCUT2D eigenvalue weighted by molar-refractivity contribution is -0.121. The van der Waals surface area contributed by atoms with Crippen LogP contribution >= 0.6 is 15.9 Å². The Hall–Kier alpha value is -0.870. The molecule has 0 bridgehead atoms. The molecular formula is C8H7BrF4N2O2S. The van der Waals surface area contributed by atoms with E-state index in [0.717, 1.165) is 12.1 Å². The van der Waals surface area contributed by atoms with Gasteiger partial charge in [-0.05, 0) is 28.1 Å². The highest BCUT2D eigenvalue weighted by molar-refractivity contribution is 9.10. The van der Waals surface area contributed by atoms with Crippen LogP contribution in [-0.4, -0.2) is 21.1 Å². The van der Waals surface area contributed by atoms with Crippen molar-refractivity contribution >= 4 is 31.6 Å². The summed E-state index contributed by atoms with van der Waals surface area (Å²) in [5, 5.41) is 0. The summed E-state index contributed by atoms with van der Waals surface area (Å²) in [6.07, 6.45) is -4.73. The van der Waals surface area contributed by atoms with Gasteiger partial charge >= 0.3 is 6.18 Å². The van der Waals surface area contributed by atoms with Crippen molar-refractivity contribution in [1.82, 2.24) is 4.72 Å². The third-order valence-electron chi connectivity index (χ3n) is 1.80. The maximum absolute atomic E-state index is 13.4. The van der Waals surface area contributed by atoms with Crippen molar-refractivity contribution in [2.45, 2.75) is 11.1 Å². The Bertz CT molecular complexity index is 559. The van der Waals surface area contributed by atoms with Gasteiger partial charge in [0, 0.05) is 10.2 Å². The SMILES string of the molecule is Nc1cc(S(=O)(=O)NCC(F)(F)F)c(F)cc1Br. The molecule has 0 aromatic heterocycles. The second-order valence-electron chi connectivity index (χ2n) is 3.24. The highest BCUT2D eigenvalue weighted by atomic mass is 79.9. The van der Waals surface area contributed by atoms with E-state index in [-0.39, 0.29) is 10.2 Å². The van der Waals surface area contributed by atoms with E-state index in [1.165, 1.54) is 4.72 Å². The molecule has 0 aliphatic rings. The number of nitrogens with one attached hydrogen (secondary N) is 1. The first-order valence-corrected chi connectivity index (χ1v) is 6.61. The van der Waals surface area contributed by atoms with Gasteiger partial charge in [-0.2, -0.15) is 13.2 Å². The Kier molecular flexibility index (Phi) is 4.23. The minimum atomic E-state index is -4.73. The van der Waals surface area contributed by atoms with Crippen LogP contribution < -0.4 is 10.5 Å². The van der Waals surface area contributed by atoms with Gasteiger partial charge in [0.15, 0.2) is 0 Å². The number of hydrogen-bond acceptors (Lipinski definition) is 3. The smallest absolute Gasteiger partial charge is 0.398 e. The fraction of sp³-hybridized carbons (Fsp3) is 0.250. The molecule has 3 N–H and O–H groups in total. The lowest BCUT2D eigenvalue weighted by Gasteiger charge is -2.11. The average molecular weight is 351 g/mol. The largest absolute Gasteiger partial charge is 0.402 e. The monoisotopic (exact) mass is 350 g/mol. The quantitative estimate of drug-likeness (QED) is 0.647. The molecule has 102 valence electrons. The lowest BCUT2D eigenvalue weighted by atomic mass is 10.3. The van der Waals surface area contributed by atoms with Crippen LogP contribution in [0.3, 0.4) is 0 Å². The van der Waals surface area contributed by atoms with Crippen LogP contribution in [-0.2, 0) is 10.0 Å². The van der Waals surface area contributed by atoms with Crippen LogP contribution in [0.1, 0.15) is 0 Å². The molecule has 1 aromatic carbocycles. The molecule has 0 atom stereocenters. The fourth-order valence-corrected chi connectivity index (χ4v) is 2.43. The van der Waals surface area contributed by atoms with Gasteiger partial charge in [0.1, 0.15) is 17.3 Å². The number of alkyl halides is 3. The van der Waals surface area contributed by atoms with E-state index in [9.17, 15) is 26.0 Å². The molecule has 18 heavy (non-hydrogen) atoms. The van der Waals surface area contributed by atoms with Crippen LogP contribution in [0.15, 0.2) is 21.5 Å². The zero-order chi connectivity index (χ0) is 14.1. The first-order valence-electron chi connectivity index (χ1n) is 4.34. The van der Waals surface area contributed by atoms with Crippen LogP contribution in [0.2, 0.25) is 0 Å². The number of hydrogen-bond donors (Lipinski definition) is 2. The minimum Gasteiger partial charge on any atom is -0.398 e. The Morgan fingerprint density at radius 2 is 1.89 bits per heavy atom. The summed E-state index contributed by atoms with van der Waals surface area (Å²) in [5.74, 6) is -1.20. The zero-order valence-corrected chi connectivity index (χ0v) is 11.0. The number of sulfonamides is 1. The summed E-state index contributed by atoms with van der Waals surface area (Å²) in [6.45, 7) is -1.79. The molecule has 0 fully saturated rings. The van der Waals surface area contributed by atoms with Crippen LogP contribution in [0.25, 0.3) is 0 Å². The number of benzene rings is 1. The van der Waals surface area contributed by atoms with Crippen LogP contribution in [0.5, 0.6) is 0 Å². The van der Waals surface area contributed by atoms with Gasteiger partial charge in [0.05, 0.1) is 0 Å². The summed E-state index contributed by atoms with van der Waals surface area (Å²) in [6, 6.07) is 1.50. The fourth-order valence-electron chi connectivity index (χ4n) is 1.01. The summed E-state index contributed by atoms with van der Waals surface area (Å²) in [7, 11) is -4.61. The predicted octanol–water partition coefficient (Wildman–Crippen LogP) is 2.01. The molecule has 1 aromatic rings. The first kappa shape index (κ1) is 15.2. The Labute approximate surface area is 108 Å². The summed E-state index contributed by atoms with van der Waals surface area (Å²) < 4.78 is 73.3. The molecule has 0 saturated carbocycles. The summed E-state index contributed by atoms with van der Waals surface area (Å²) >= 11 is 2.86. The second-order valence-corrected chi connectivity index (χ2v) is 5.83. The van der Waals surface area contributed by atoms with Crippen LogP contribution in [0.4, 0.5) is 23.2 Å². The summed E-state index contributed by atoms with van der Waals surface area (Å²) in [4.78, 5) is -0.938. The van der Waals surface area contributed by atoms with Crippen molar-refractivity contribution in [3.8, 4) is 0 Å². The number of nitrogens with two attached hydrogens (primary N) is 1. The van der Waals surface area contributed by atoms with E-state index in [1.54, 1.807) is 0 Å². The topological polar surface area (TPSA) is 72.2 Å². The third kappa shape index (κ3) is 3.82. The third-order valence-corrected chi connectivity index (χ3v) is 3.91. The molecule has 1 rings (SSSR count). The number of nitrogen functional groups attached to an aromatic ring is 1. The van der Waals surface area contributed by atoms with Crippen molar-refractivity contribution in [1.29, 1.82) is 0 Å². The average Bonchev–Trinajstić information content (AvgIpc) is 2.19. The van der Waals surface area contributed by atoms with Crippen molar-refractivity contribution in [3.63, 3.8) is 0 Å². The van der Waals surface area contributed by atoms with Crippen molar-refractivity contribution in [2.24, 2.45) is 0 Å². The van der Waals surface area contributed by atoms with E-state index < -0.39 is 33.5 Å². The number of anilines is 1. The Balaban J connectivity index is 3.10. The van der Waals surface area contributed by atoms with Gasteiger partial charge in [-0.15, -0.1) is 0 Å². The molecule has 0 radical (unpaired) electrons. The minimum absolute atomic E-state index is 0.106. The molecule has 4 nitrogen and oxygen atoms in total. The van der Waals surface area contributed by atoms with Gasteiger partial charge in [0.2, 0.25) is 10.0 Å². The molecule has 0 unspecified atom stereocenters. The lowest BCUT2D eigenvalue weighted by Crippen LogP contribution is -2.34. The molecule has 0 spiro atoms. The molecule has 0 amide bonds. The van der Waals surface area contributed by atoms with E-state index in [2.05, 4.69) is 15.9 Å². The van der Waals surface area contributed by atoms with Crippen LogP contribution in [0, 0.1) is 5.82 Å². The van der Waals surface area contributed by atoms with Gasteiger partial charge < -0.3 is 5.73 Å². The van der Waals surface area contributed by atoms with Gasteiger partial charge in [-0.1, -0.05) is 0 Å². The molecular weight excluding hydrogens is 344 g/mol. The number of halogens is 5. The van der Waals surface area contributed by atoms with E-state index >= 15 is 0 Å². The molecule has 10 heteroatoms. The standard InChI is InChI=1S/C8H7BrF4N2O2S/c9-4-1-5(10)7(2-6(4)14)18(16,17)15-3-8(11,12)13/h1-2,15H,3,14H2. The van der Waals surface area contributed by atoms with Gasteiger partial charge in [-0.25, -0.2) is 17.5 Å².